The maximum atomic E-state index is 12.5. The van der Waals surface area contributed by atoms with Crippen molar-refractivity contribution in [1.82, 2.24) is 4.90 Å². The number of fused-ring (bicyclic) bond motifs is 3. The summed E-state index contributed by atoms with van der Waals surface area (Å²) in [6, 6.07) is 7.36. The zero-order valence-corrected chi connectivity index (χ0v) is 11.7. The monoisotopic (exact) mass is 272 g/mol. The Bertz CT molecular complexity index is 556. The number of hydrogen-bond acceptors (Lipinski definition) is 3. The number of nitrogens with zero attached hydrogens (tertiary/aromatic N) is 1. The maximum absolute atomic E-state index is 12.5. The highest BCUT2D eigenvalue weighted by atomic mass is 16.5. The van der Waals surface area contributed by atoms with Crippen LogP contribution in [0.4, 0.5) is 0 Å². The largest absolute Gasteiger partial charge is 0.497 e. The number of carbonyl (C=O) groups is 1. The molecular formula is C16H20N2O2. The second kappa shape index (κ2) is 3.98. The fourth-order valence-electron chi connectivity index (χ4n) is 4.29. The van der Waals surface area contributed by atoms with Crippen molar-refractivity contribution in [3.05, 3.63) is 29.8 Å². The van der Waals surface area contributed by atoms with Gasteiger partial charge in [-0.3, -0.25) is 4.79 Å². The molecule has 1 amide bonds. The molecule has 20 heavy (non-hydrogen) atoms. The lowest BCUT2D eigenvalue weighted by Gasteiger charge is -2.19. The van der Waals surface area contributed by atoms with Crippen LogP contribution in [0.15, 0.2) is 24.3 Å². The van der Waals surface area contributed by atoms with Crippen LogP contribution in [0.1, 0.15) is 23.2 Å². The van der Waals surface area contributed by atoms with Crippen molar-refractivity contribution < 1.29 is 9.53 Å². The van der Waals surface area contributed by atoms with Crippen LogP contribution in [0.5, 0.6) is 5.75 Å². The first-order valence-corrected chi connectivity index (χ1v) is 7.34. The molecule has 2 saturated carbocycles. The predicted octanol–water partition coefficient (Wildman–Crippen LogP) is 1.50. The summed E-state index contributed by atoms with van der Waals surface area (Å²) in [4.78, 5) is 14.5. The minimum Gasteiger partial charge on any atom is -0.497 e. The number of hydrogen-bond donors (Lipinski definition) is 1. The number of ether oxygens (including phenoxy) is 1. The maximum Gasteiger partial charge on any atom is 0.253 e. The van der Waals surface area contributed by atoms with Gasteiger partial charge in [0.2, 0.25) is 0 Å². The summed E-state index contributed by atoms with van der Waals surface area (Å²) in [5.41, 5.74) is 7.22. The van der Waals surface area contributed by atoms with Crippen molar-refractivity contribution in [3.8, 4) is 5.75 Å². The molecule has 4 rings (SSSR count). The standard InChI is InChI=1S/C16H20N2O2/c1-20-13-4-2-10(3-5-13)15(19)18-8-11-6-12-7-16(12,17)14(11)9-18/h2-5,11-12,14H,6-9,17H2,1H3. The molecule has 0 spiro atoms. The van der Waals surface area contributed by atoms with Gasteiger partial charge >= 0.3 is 0 Å². The molecule has 2 N–H and O–H groups in total. The summed E-state index contributed by atoms with van der Waals surface area (Å²) in [5, 5.41) is 0. The molecule has 1 aromatic carbocycles. The molecule has 4 heteroatoms. The van der Waals surface area contributed by atoms with Crippen LogP contribution in [-0.4, -0.2) is 36.5 Å². The molecule has 3 aliphatic rings. The minimum absolute atomic E-state index is 0.0552. The smallest absolute Gasteiger partial charge is 0.253 e. The number of carbonyl (C=O) groups excluding carboxylic acids is 1. The Morgan fingerprint density at radius 2 is 2.10 bits per heavy atom. The molecular weight excluding hydrogens is 252 g/mol. The highest BCUT2D eigenvalue weighted by molar-refractivity contribution is 5.94. The topological polar surface area (TPSA) is 55.6 Å². The zero-order valence-electron chi connectivity index (χ0n) is 11.7. The molecule has 1 aliphatic heterocycles. The number of nitrogens with two attached hydrogens (primary N) is 1. The second-order valence-electron chi connectivity index (χ2n) is 6.55. The minimum atomic E-state index is 0.0552. The average molecular weight is 272 g/mol. The predicted molar refractivity (Wildman–Crippen MR) is 75.5 cm³/mol. The summed E-state index contributed by atoms with van der Waals surface area (Å²) >= 11 is 0. The summed E-state index contributed by atoms with van der Waals surface area (Å²) in [6.07, 6.45) is 2.38. The molecule has 4 nitrogen and oxygen atoms in total. The molecule has 0 radical (unpaired) electrons. The molecule has 0 bridgehead atoms. The number of likely N-dealkylation sites (tertiary alicyclic amines) is 1. The van der Waals surface area contributed by atoms with E-state index >= 15 is 0 Å². The molecule has 4 unspecified atom stereocenters. The van der Waals surface area contributed by atoms with Crippen molar-refractivity contribution in [2.24, 2.45) is 23.5 Å². The number of rotatable bonds is 2. The Morgan fingerprint density at radius 1 is 1.35 bits per heavy atom. The third kappa shape index (κ3) is 1.61. The van der Waals surface area contributed by atoms with Crippen LogP contribution in [0.2, 0.25) is 0 Å². The first kappa shape index (κ1) is 12.2. The summed E-state index contributed by atoms with van der Waals surface area (Å²) in [7, 11) is 1.63. The fraction of sp³-hybridized carbons (Fsp3) is 0.562. The molecule has 1 heterocycles. The van der Waals surface area contributed by atoms with Gasteiger partial charge in [-0.2, -0.15) is 0 Å². The summed E-state index contributed by atoms with van der Waals surface area (Å²) in [5.74, 6) is 2.79. The van der Waals surface area contributed by atoms with Gasteiger partial charge in [0.1, 0.15) is 5.75 Å². The van der Waals surface area contributed by atoms with E-state index in [4.69, 9.17) is 10.5 Å². The van der Waals surface area contributed by atoms with Gasteiger partial charge in [-0.15, -0.1) is 0 Å². The van der Waals surface area contributed by atoms with Crippen molar-refractivity contribution in [1.29, 1.82) is 0 Å². The Balaban J connectivity index is 1.50. The number of methoxy groups -OCH3 is 1. The SMILES string of the molecule is COc1ccc(C(=O)N2CC3CC4CC4(N)C3C2)cc1. The van der Waals surface area contributed by atoms with Gasteiger partial charge in [-0.1, -0.05) is 0 Å². The van der Waals surface area contributed by atoms with Gasteiger partial charge in [-0.05, 0) is 54.9 Å². The van der Waals surface area contributed by atoms with Crippen LogP contribution < -0.4 is 10.5 Å². The highest BCUT2D eigenvalue weighted by Gasteiger charge is 2.66. The Hall–Kier alpha value is -1.55. The van der Waals surface area contributed by atoms with Crippen LogP contribution in [0.25, 0.3) is 0 Å². The van der Waals surface area contributed by atoms with Gasteiger partial charge in [-0.25, -0.2) is 0 Å². The average Bonchev–Trinajstić information content (AvgIpc) is 2.85. The van der Waals surface area contributed by atoms with E-state index in [1.165, 1.54) is 12.8 Å². The normalized spacial score (nSPS) is 37.5. The fourth-order valence-corrected chi connectivity index (χ4v) is 4.29. The third-order valence-electron chi connectivity index (χ3n) is 5.54. The van der Waals surface area contributed by atoms with Crippen molar-refractivity contribution in [2.45, 2.75) is 18.4 Å². The lowest BCUT2D eigenvalue weighted by molar-refractivity contribution is 0.0779. The quantitative estimate of drug-likeness (QED) is 0.887. The van der Waals surface area contributed by atoms with Crippen LogP contribution in [0.3, 0.4) is 0 Å². The lowest BCUT2D eigenvalue weighted by Crippen LogP contribution is -2.36. The number of amides is 1. The molecule has 3 fully saturated rings. The van der Waals surface area contributed by atoms with Gasteiger partial charge in [0.05, 0.1) is 7.11 Å². The van der Waals surface area contributed by atoms with E-state index < -0.39 is 0 Å². The van der Waals surface area contributed by atoms with E-state index in [-0.39, 0.29) is 11.4 Å². The zero-order chi connectivity index (χ0) is 13.9. The van der Waals surface area contributed by atoms with Crippen LogP contribution >= 0.6 is 0 Å². The van der Waals surface area contributed by atoms with E-state index in [0.29, 0.717) is 11.8 Å². The molecule has 1 saturated heterocycles. The summed E-state index contributed by atoms with van der Waals surface area (Å²) < 4.78 is 5.13. The number of benzene rings is 1. The molecule has 0 aromatic heterocycles. The Kier molecular flexibility index (Phi) is 2.43. The second-order valence-corrected chi connectivity index (χ2v) is 6.55. The molecule has 1 aromatic rings. The van der Waals surface area contributed by atoms with E-state index in [0.717, 1.165) is 30.3 Å². The first-order chi connectivity index (χ1) is 9.61. The van der Waals surface area contributed by atoms with Crippen molar-refractivity contribution in [3.63, 3.8) is 0 Å². The first-order valence-electron chi connectivity index (χ1n) is 7.34. The van der Waals surface area contributed by atoms with Crippen molar-refractivity contribution in [2.75, 3.05) is 20.2 Å². The third-order valence-corrected chi connectivity index (χ3v) is 5.54. The van der Waals surface area contributed by atoms with Gasteiger partial charge < -0.3 is 15.4 Å². The van der Waals surface area contributed by atoms with E-state index in [1.807, 2.05) is 29.2 Å². The van der Waals surface area contributed by atoms with Crippen molar-refractivity contribution >= 4 is 5.91 Å². The lowest BCUT2D eigenvalue weighted by atomic mass is 9.92. The molecule has 2 aliphatic carbocycles. The van der Waals surface area contributed by atoms with Crippen LogP contribution in [0, 0.1) is 17.8 Å². The van der Waals surface area contributed by atoms with E-state index in [9.17, 15) is 4.79 Å². The van der Waals surface area contributed by atoms with Gasteiger partial charge in [0.25, 0.3) is 5.91 Å². The molecule has 106 valence electrons. The Morgan fingerprint density at radius 3 is 2.75 bits per heavy atom. The highest BCUT2D eigenvalue weighted by Crippen LogP contribution is 2.61. The molecule has 4 atom stereocenters. The van der Waals surface area contributed by atoms with E-state index in [2.05, 4.69) is 0 Å². The summed E-state index contributed by atoms with van der Waals surface area (Å²) in [6.45, 7) is 1.72. The van der Waals surface area contributed by atoms with Gasteiger partial charge in [0, 0.05) is 24.2 Å². The van der Waals surface area contributed by atoms with E-state index in [1.54, 1.807) is 7.11 Å². The Labute approximate surface area is 118 Å². The van der Waals surface area contributed by atoms with Gasteiger partial charge in [0.15, 0.2) is 0 Å². The van der Waals surface area contributed by atoms with Crippen LogP contribution in [-0.2, 0) is 0 Å².